The fourth-order valence-corrected chi connectivity index (χ4v) is 2.16. The van der Waals surface area contributed by atoms with Crippen molar-refractivity contribution in [2.45, 2.75) is 31.6 Å². The summed E-state index contributed by atoms with van der Waals surface area (Å²) < 4.78 is 0. The highest BCUT2D eigenvalue weighted by Crippen LogP contribution is 2.15. The third kappa shape index (κ3) is 4.70. The van der Waals surface area contributed by atoms with E-state index in [-0.39, 0.29) is 17.9 Å². The van der Waals surface area contributed by atoms with Gasteiger partial charge in [0.25, 0.3) is 0 Å². The minimum absolute atomic E-state index is 0.140. The van der Waals surface area contributed by atoms with E-state index in [1.165, 1.54) is 0 Å². The Balaban J connectivity index is 2.60. The Kier molecular flexibility index (Phi) is 6.82. The van der Waals surface area contributed by atoms with Gasteiger partial charge in [-0.25, -0.2) is 4.98 Å². The average molecular weight is 270 g/mol. The molecule has 1 aromatic rings. The van der Waals surface area contributed by atoms with Gasteiger partial charge in [-0.2, -0.15) is 11.8 Å². The summed E-state index contributed by atoms with van der Waals surface area (Å²) in [6.45, 7) is 5.18. The number of hydrogen-bond acceptors (Lipinski definition) is 6. The quantitative estimate of drug-likeness (QED) is 0.669. The first kappa shape index (κ1) is 15.0. The number of aliphatic hydroxyl groups excluding tert-OH is 1. The Morgan fingerprint density at radius 3 is 2.72 bits per heavy atom. The van der Waals surface area contributed by atoms with Gasteiger partial charge in [0, 0.05) is 17.8 Å². The lowest BCUT2D eigenvalue weighted by Crippen LogP contribution is -2.31. The molecule has 0 saturated carbocycles. The average Bonchev–Trinajstić information content (AvgIpc) is 2.38. The van der Waals surface area contributed by atoms with Crippen LogP contribution in [0.5, 0.6) is 0 Å². The normalized spacial score (nSPS) is 14.0. The molecule has 0 radical (unpaired) electrons. The van der Waals surface area contributed by atoms with E-state index in [0.29, 0.717) is 0 Å². The molecule has 1 rings (SSSR count). The first-order valence-electron chi connectivity index (χ1n) is 6.17. The van der Waals surface area contributed by atoms with Crippen LogP contribution in [-0.4, -0.2) is 45.8 Å². The molecule has 5 nitrogen and oxygen atoms in total. The van der Waals surface area contributed by atoms with Crippen LogP contribution in [0.25, 0.3) is 0 Å². The minimum atomic E-state index is 0.140. The van der Waals surface area contributed by atoms with Crippen molar-refractivity contribution in [1.29, 1.82) is 0 Å². The minimum Gasteiger partial charge on any atom is -0.395 e. The molecule has 6 heteroatoms. The van der Waals surface area contributed by atoms with Crippen molar-refractivity contribution < 1.29 is 5.11 Å². The van der Waals surface area contributed by atoms with Crippen LogP contribution < -0.4 is 10.6 Å². The predicted octanol–water partition coefficient (Wildman–Crippen LogP) is 1.82. The molecule has 18 heavy (non-hydrogen) atoms. The van der Waals surface area contributed by atoms with Gasteiger partial charge in [-0.1, -0.05) is 6.92 Å². The lowest BCUT2D eigenvalue weighted by molar-refractivity contribution is 0.288. The van der Waals surface area contributed by atoms with Crippen LogP contribution in [0.3, 0.4) is 0 Å². The van der Waals surface area contributed by atoms with Gasteiger partial charge in [-0.15, -0.1) is 0 Å². The second kappa shape index (κ2) is 8.16. The summed E-state index contributed by atoms with van der Waals surface area (Å²) in [5.41, 5.74) is 0. The first-order valence-corrected chi connectivity index (χ1v) is 7.46. The smallest absolute Gasteiger partial charge is 0.147 e. The Morgan fingerprint density at radius 1 is 1.39 bits per heavy atom. The predicted molar refractivity (Wildman–Crippen MR) is 78.3 cm³/mol. The third-order valence-electron chi connectivity index (χ3n) is 2.61. The molecule has 102 valence electrons. The molecule has 3 N–H and O–H groups in total. The van der Waals surface area contributed by atoms with E-state index >= 15 is 0 Å². The molecule has 0 fully saturated rings. The van der Waals surface area contributed by atoms with Crippen molar-refractivity contribution in [3.05, 3.63) is 12.4 Å². The van der Waals surface area contributed by atoms with Gasteiger partial charge in [0.2, 0.25) is 0 Å². The second-order valence-corrected chi connectivity index (χ2v) is 5.18. The van der Waals surface area contributed by atoms with Crippen molar-refractivity contribution in [3.8, 4) is 0 Å². The molecule has 0 aliphatic rings. The summed E-state index contributed by atoms with van der Waals surface area (Å²) >= 11 is 1.64. The van der Waals surface area contributed by atoms with Gasteiger partial charge in [0.15, 0.2) is 0 Å². The summed E-state index contributed by atoms with van der Waals surface area (Å²) in [5.74, 6) is 1.51. The highest BCUT2D eigenvalue weighted by Gasteiger charge is 2.15. The number of aromatic nitrogens is 2. The Morgan fingerprint density at radius 2 is 2.11 bits per heavy atom. The van der Waals surface area contributed by atoms with Gasteiger partial charge in [-0.3, -0.25) is 4.98 Å². The number of aliphatic hydroxyl groups is 1. The summed E-state index contributed by atoms with van der Waals surface area (Å²) in [7, 11) is 0. The molecule has 0 aliphatic heterocycles. The van der Waals surface area contributed by atoms with Gasteiger partial charge in [0.1, 0.15) is 11.6 Å². The number of nitrogens with zero attached hydrogens (tertiary/aromatic N) is 2. The molecule has 2 unspecified atom stereocenters. The highest BCUT2D eigenvalue weighted by molar-refractivity contribution is 7.99. The standard InChI is InChI=1S/C12H22N4OS/c1-4-5-14-11-6-13-7-12(16-11)15-9(2)10(8-17)18-3/h6-7,9-10,17H,4-5,8H2,1-3H3,(H2,14,15,16). The molecule has 2 atom stereocenters. The fourth-order valence-electron chi connectivity index (χ4n) is 1.54. The van der Waals surface area contributed by atoms with E-state index in [1.807, 2.05) is 13.2 Å². The lowest BCUT2D eigenvalue weighted by atomic mass is 10.2. The zero-order valence-corrected chi connectivity index (χ0v) is 12.0. The zero-order chi connectivity index (χ0) is 13.4. The second-order valence-electron chi connectivity index (χ2n) is 4.11. The fraction of sp³-hybridized carbons (Fsp3) is 0.667. The molecular weight excluding hydrogens is 248 g/mol. The third-order valence-corrected chi connectivity index (χ3v) is 3.77. The maximum atomic E-state index is 9.24. The number of nitrogens with one attached hydrogen (secondary N) is 2. The Labute approximate surface area is 113 Å². The van der Waals surface area contributed by atoms with Crippen molar-refractivity contribution in [3.63, 3.8) is 0 Å². The van der Waals surface area contributed by atoms with Crippen molar-refractivity contribution in [2.24, 2.45) is 0 Å². The molecule has 0 aromatic carbocycles. The van der Waals surface area contributed by atoms with E-state index in [1.54, 1.807) is 24.2 Å². The van der Waals surface area contributed by atoms with E-state index in [4.69, 9.17) is 0 Å². The van der Waals surface area contributed by atoms with Crippen molar-refractivity contribution in [1.82, 2.24) is 9.97 Å². The molecular formula is C12H22N4OS. The molecule has 1 heterocycles. The number of anilines is 2. The topological polar surface area (TPSA) is 70.1 Å². The lowest BCUT2D eigenvalue weighted by Gasteiger charge is -2.21. The van der Waals surface area contributed by atoms with Crippen LogP contribution in [0.15, 0.2) is 12.4 Å². The van der Waals surface area contributed by atoms with Gasteiger partial charge in [0.05, 0.1) is 19.0 Å². The van der Waals surface area contributed by atoms with Crippen molar-refractivity contribution in [2.75, 3.05) is 30.0 Å². The maximum absolute atomic E-state index is 9.24. The van der Waals surface area contributed by atoms with Gasteiger partial charge < -0.3 is 15.7 Å². The van der Waals surface area contributed by atoms with Crippen LogP contribution in [0.2, 0.25) is 0 Å². The molecule has 0 saturated heterocycles. The zero-order valence-electron chi connectivity index (χ0n) is 11.2. The largest absolute Gasteiger partial charge is 0.395 e. The summed E-state index contributed by atoms with van der Waals surface area (Å²) in [5, 5.41) is 15.9. The summed E-state index contributed by atoms with van der Waals surface area (Å²) in [6.07, 6.45) is 6.45. The SMILES string of the molecule is CCCNc1cncc(NC(C)C(CO)SC)n1. The van der Waals surface area contributed by atoms with Crippen LogP contribution in [0, 0.1) is 0 Å². The number of hydrogen-bond donors (Lipinski definition) is 3. The maximum Gasteiger partial charge on any atom is 0.147 e. The first-order chi connectivity index (χ1) is 8.71. The van der Waals surface area contributed by atoms with E-state index in [2.05, 4.69) is 27.5 Å². The highest BCUT2D eigenvalue weighted by atomic mass is 32.2. The Hall–Kier alpha value is -1.01. The molecule has 0 bridgehead atoms. The van der Waals surface area contributed by atoms with Crippen LogP contribution in [-0.2, 0) is 0 Å². The van der Waals surface area contributed by atoms with Gasteiger partial charge >= 0.3 is 0 Å². The monoisotopic (exact) mass is 270 g/mol. The number of rotatable bonds is 8. The Bertz CT molecular complexity index is 347. The molecule has 0 spiro atoms. The van der Waals surface area contributed by atoms with Crippen LogP contribution in [0.4, 0.5) is 11.6 Å². The van der Waals surface area contributed by atoms with E-state index in [0.717, 1.165) is 24.6 Å². The van der Waals surface area contributed by atoms with Crippen molar-refractivity contribution >= 4 is 23.4 Å². The summed E-state index contributed by atoms with van der Waals surface area (Å²) in [4.78, 5) is 8.57. The number of thioether (sulfide) groups is 1. The molecule has 1 aromatic heterocycles. The van der Waals surface area contributed by atoms with Crippen LogP contribution >= 0.6 is 11.8 Å². The molecule has 0 aliphatic carbocycles. The van der Waals surface area contributed by atoms with E-state index in [9.17, 15) is 5.11 Å². The van der Waals surface area contributed by atoms with E-state index < -0.39 is 0 Å². The van der Waals surface area contributed by atoms with Gasteiger partial charge in [-0.05, 0) is 19.6 Å². The molecule has 0 amide bonds. The summed E-state index contributed by atoms with van der Waals surface area (Å²) in [6, 6.07) is 0.140. The van der Waals surface area contributed by atoms with Crippen LogP contribution in [0.1, 0.15) is 20.3 Å².